The molecule has 0 saturated heterocycles. The molecular formula is C16H26N2O. The highest BCUT2D eigenvalue weighted by molar-refractivity contribution is 5.60. The van der Waals surface area contributed by atoms with Gasteiger partial charge in [-0.05, 0) is 43.5 Å². The van der Waals surface area contributed by atoms with Crippen LogP contribution in [0.3, 0.4) is 0 Å². The summed E-state index contributed by atoms with van der Waals surface area (Å²) in [6.07, 6.45) is 4.87. The number of benzene rings is 1. The van der Waals surface area contributed by atoms with Crippen LogP contribution < -0.4 is 15.4 Å². The van der Waals surface area contributed by atoms with Crippen LogP contribution in [0.2, 0.25) is 0 Å². The first-order valence-corrected chi connectivity index (χ1v) is 7.22. The molecule has 3 heteroatoms. The maximum atomic E-state index is 5.96. The van der Waals surface area contributed by atoms with Crippen LogP contribution in [0.5, 0.6) is 5.75 Å². The number of nitrogens with zero attached hydrogens (tertiary/aromatic N) is 1. The normalized spacial score (nSPS) is 16.8. The summed E-state index contributed by atoms with van der Waals surface area (Å²) in [7, 11) is 3.88. The zero-order valence-corrected chi connectivity index (χ0v) is 12.4. The van der Waals surface area contributed by atoms with Crippen molar-refractivity contribution in [3.8, 4) is 5.75 Å². The van der Waals surface area contributed by atoms with Gasteiger partial charge in [-0.1, -0.05) is 19.4 Å². The van der Waals surface area contributed by atoms with Gasteiger partial charge in [-0.25, -0.2) is 0 Å². The Morgan fingerprint density at radius 3 is 2.58 bits per heavy atom. The maximum Gasteiger partial charge on any atom is 0.142 e. The summed E-state index contributed by atoms with van der Waals surface area (Å²) in [5, 5.41) is 0. The first kappa shape index (κ1) is 14.2. The lowest BCUT2D eigenvalue weighted by atomic mass is 9.68. The van der Waals surface area contributed by atoms with Crippen LogP contribution in [0, 0.1) is 5.41 Å². The van der Waals surface area contributed by atoms with Crippen molar-refractivity contribution in [1.82, 2.24) is 0 Å². The van der Waals surface area contributed by atoms with E-state index in [0.717, 1.165) is 25.3 Å². The third-order valence-corrected chi connectivity index (χ3v) is 4.48. The fraction of sp³-hybridized carbons (Fsp3) is 0.625. The second kappa shape index (κ2) is 5.83. The lowest BCUT2D eigenvalue weighted by molar-refractivity contribution is 0.154. The summed E-state index contributed by atoms with van der Waals surface area (Å²) < 4.78 is 5.49. The van der Waals surface area contributed by atoms with Crippen LogP contribution in [-0.2, 0) is 6.42 Å². The van der Waals surface area contributed by atoms with Crippen molar-refractivity contribution in [3.63, 3.8) is 0 Å². The van der Waals surface area contributed by atoms with E-state index in [2.05, 4.69) is 37.1 Å². The minimum atomic E-state index is 0.321. The molecule has 0 amide bonds. The first-order valence-electron chi connectivity index (χ1n) is 7.22. The summed E-state index contributed by atoms with van der Waals surface area (Å²) in [5.74, 6) is 0.950. The van der Waals surface area contributed by atoms with Crippen molar-refractivity contribution < 1.29 is 4.74 Å². The molecule has 0 aliphatic heterocycles. The second-order valence-corrected chi connectivity index (χ2v) is 5.77. The molecule has 19 heavy (non-hydrogen) atoms. The van der Waals surface area contributed by atoms with Crippen LogP contribution in [0.4, 0.5) is 5.69 Å². The van der Waals surface area contributed by atoms with Gasteiger partial charge >= 0.3 is 0 Å². The molecule has 0 radical (unpaired) electrons. The zero-order valence-electron chi connectivity index (χ0n) is 12.4. The van der Waals surface area contributed by atoms with E-state index in [4.69, 9.17) is 10.5 Å². The van der Waals surface area contributed by atoms with Gasteiger partial charge in [0, 0.05) is 19.0 Å². The number of nitrogens with two attached hydrogens (primary N) is 1. The average molecular weight is 262 g/mol. The van der Waals surface area contributed by atoms with Crippen LogP contribution in [-0.4, -0.2) is 27.2 Å². The van der Waals surface area contributed by atoms with E-state index in [0.29, 0.717) is 5.41 Å². The first-order chi connectivity index (χ1) is 9.14. The molecule has 0 heterocycles. The highest BCUT2D eigenvalue weighted by atomic mass is 16.5. The summed E-state index contributed by atoms with van der Waals surface area (Å²) in [6.45, 7) is 3.99. The molecule has 2 N–H and O–H groups in total. The molecule has 1 fully saturated rings. The molecule has 0 atom stereocenters. The van der Waals surface area contributed by atoms with Crippen molar-refractivity contribution in [2.75, 3.05) is 32.1 Å². The number of anilines is 1. The average Bonchev–Trinajstić information content (AvgIpc) is 2.41. The second-order valence-electron chi connectivity index (χ2n) is 5.77. The van der Waals surface area contributed by atoms with Gasteiger partial charge in [0.1, 0.15) is 5.75 Å². The molecule has 106 valence electrons. The Labute approximate surface area is 116 Å². The summed E-state index contributed by atoms with van der Waals surface area (Å²) >= 11 is 0. The fourth-order valence-corrected chi connectivity index (χ4v) is 2.95. The van der Waals surface area contributed by atoms with Crippen molar-refractivity contribution in [2.24, 2.45) is 11.1 Å². The molecule has 3 nitrogen and oxygen atoms in total. The highest BCUT2D eigenvalue weighted by Gasteiger charge is 2.36. The fourth-order valence-electron chi connectivity index (χ4n) is 2.95. The number of rotatable bonds is 6. The quantitative estimate of drug-likeness (QED) is 0.856. The van der Waals surface area contributed by atoms with E-state index in [9.17, 15) is 0 Å². The minimum Gasteiger partial charge on any atom is -0.495 e. The number of hydrogen-bond acceptors (Lipinski definition) is 3. The Balaban J connectivity index is 2.19. The van der Waals surface area contributed by atoms with E-state index in [1.165, 1.54) is 30.5 Å². The number of ether oxygens (including phenoxy) is 1. The Hall–Kier alpha value is -1.22. The van der Waals surface area contributed by atoms with E-state index in [1.54, 1.807) is 7.11 Å². The molecule has 1 aliphatic rings. The Kier molecular flexibility index (Phi) is 4.35. The monoisotopic (exact) mass is 262 g/mol. The van der Waals surface area contributed by atoms with Gasteiger partial charge < -0.3 is 15.4 Å². The summed E-state index contributed by atoms with van der Waals surface area (Å²) in [6, 6.07) is 6.44. The van der Waals surface area contributed by atoms with Gasteiger partial charge in [0.2, 0.25) is 0 Å². The van der Waals surface area contributed by atoms with Gasteiger partial charge in [0.05, 0.1) is 12.8 Å². The van der Waals surface area contributed by atoms with Crippen LogP contribution in [0.1, 0.15) is 31.7 Å². The molecule has 0 bridgehead atoms. The van der Waals surface area contributed by atoms with Gasteiger partial charge in [-0.15, -0.1) is 0 Å². The van der Waals surface area contributed by atoms with Crippen molar-refractivity contribution in [2.45, 2.75) is 32.6 Å². The van der Waals surface area contributed by atoms with Gasteiger partial charge in [0.15, 0.2) is 0 Å². The summed E-state index contributed by atoms with van der Waals surface area (Å²) in [4.78, 5) is 2.31. The molecule has 0 spiro atoms. The Morgan fingerprint density at radius 1 is 1.37 bits per heavy atom. The molecule has 1 saturated carbocycles. The lowest BCUT2D eigenvalue weighted by Gasteiger charge is -2.44. The predicted octanol–water partition coefficient (Wildman–Crippen LogP) is 2.82. The van der Waals surface area contributed by atoms with Crippen LogP contribution >= 0.6 is 0 Å². The smallest absolute Gasteiger partial charge is 0.142 e. The van der Waals surface area contributed by atoms with Crippen molar-refractivity contribution >= 4 is 5.69 Å². The highest BCUT2D eigenvalue weighted by Crippen LogP contribution is 2.42. The SMILES string of the molecule is CCc1ccc(OC)c(N(C)CC2(CN)CCC2)c1. The standard InChI is InChI=1S/C16H26N2O/c1-4-13-6-7-15(19-3)14(10-13)18(2)12-16(11-17)8-5-9-16/h6-7,10H,4-5,8-9,11-12,17H2,1-3H3. The molecule has 1 aromatic carbocycles. The van der Waals surface area contributed by atoms with E-state index in [-0.39, 0.29) is 0 Å². The molecule has 2 rings (SSSR count). The van der Waals surface area contributed by atoms with E-state index in [1.807, 2.05) is 0 Å². The van der Waals surface area contributed by atoms with Gasteiger partial charge in [0.25, 0.3) is 0 Å². The van der Waals surface area contributed by atoms with Crippen LogP contribution in [0.25, 0.3) is 0 Å². The zero-order chi connectivity index (χ0) is 13.9. The van der Waals surface area contributed by atoms with E-state index >= 15 is 0 Å². The van der Waals surface area contributed by atoms with Gasteiger partial charge in [-0.3, -0.25) is 0 Å². The van der Waals surface area contributed by atoms with Crippen LogP contribution in [0.15, 0.2) is 18.2 Å². The van der Waals surface area contributed by atoms with Crippen molar-refractivity contribution in [3.05, 3.63) is 23.8 Å². The molecule has 1 aliphatic carbocycles. The van der Waals surface area contributed by atoms with E-state index < -0.39 is 0 Å². The van der Waals surface area contributed by atoms with Crippen molar-refractivity contribution in [1.29, 1.82) is 0 Å². The molecule has 0 aromatic heterocycles. The molecule has 1 aromatic rings. The topological polar surface area (TPSA) is 38.5 Å². The third-order valence-electron chi connectivity index (χ3n) is 4.48. The number of aryl methyl sites for hydroxylation is 1. The Morgan fingerprint density at radius 2 is 2.11 bits per heavy atom. The minimum absolute atomic E-state index is 0.321. The summed E-state index contributed by atoms with van der Waals surface area (Å²) in [5.41, 5.74) is 8.81. The largest absolute Gasteiger partial charge is 0.495 e. The number of hydrogen-bond donors (Lipinski definition) is 1. The van der Waals surface area contributed by atoms with Gasteiger partial charge in [-0.2, -0.15) is 0 Å². The Bertz CT molecular complexity index is 421. The lowest BCUT2D eigenvalue weighted by Crippen LogP contribution is -2.46. The predicted molar refractivity (Wildman–Crippen MR) is 81.0 cm³/mol. The molecule has 0 unspecified atom stereocenters. The maximum absolute atomic E-state index is 5.96. The molecular weight excluding hydrogens is 236 g/mol. The third kappa shape index (κ3) is 2.86. The number of methoxy groups -OCH3 is 1.